The van der Waals surface area contributed by atoms with E-state index in [1.165, 1.54) is 0 Å². The zero-order chi connectivity index (χ0) is 10.9. The Labute approximate surface area is 108 Å². The average Bonchev–Trinajstić information content (AvgIpc) is 2.91. The van der Waals surface area contributed by atoms with Crippen LogP contribution in [0.4, 0.5) is 0 Å². The number of allylic oxidation sites excluding steroid dienone is 1. The third-order valence-corrected chi connectivity index (χ3v) is 1.64. The van der Waals surface area contributed by atoms with E-state index in [9.17, 15) is 0 Å². The van der Waals surface area contributed by atoms with Gasteiger partial charge >= 0.3 is 0 Å². The van der Waals surface area contributed by atoms with Crippen LogP contribution in [0.1, 0.15) is 12.5 Å². The SMILES string of the molecule is C=C(C)C#C[c-]1cccc1.[Fe].[cH-]1[cH-][cH-][cH-][cH-]1. The van der Waals surface area contributed by atoms with E-state index < -0.39 is 0 Å². The van der Waals surface area contributed by atoms with Gasteiger partial charge in [-0.1, -0.05) is 17.7 Å². The smallest absolute Gasteiger partial charge is 0 e. The largest absolute Gasteiger partial charge is 0.748 e. The number of hydrogen-bond acceptors (Lipinski definition) is 0. The zero-order valence-corrected chi connectivity index (χ0v) is 10.4. The minimum absolute atomic E-state index is 0. The van der Waals surface area contributed by atoms with E-state index in [4.69, 9.17) is 0 Å². The quantitative estimate of drug-likeness (QED) is 0.379. The van der Waals surface area contributed by atoms with Gasteiger partial charge in [0.25, 0.3) is 0 Å². The molecule has 88 valence electrons. The molecule has 0 saturated carbocycles. The minimum atomic E-state index is 0. The van der Waals surface area contributed by atoms with E-state index in [2.05, 4.69) is 18.4 Å². The molecule has 0 aliphatic carbocycles. The Morgan fingerprint density at radius 3 is 1.88 bits per heavy atom. The molecule has 2 aromatic rings. The van der Waals surface area contributed by atoms with Crippen molar-refractivity contribution in [2.24, 2.45) is 0 Å². The van der Waals surface area contributed by atoms with Gasteiger partial charge < -0.3 is 30.3 Å². The molecular formula is C15H14Fe-6. The molecule has 0 bridgehead atoms. The normalized spacial score (nSPS) is 7.56. The van der Waals surface area contributed by atoms with Crippen LogP contribution in [0.5, 0.6) is 0 Å². The third-order valence-electron chi connectivity index (χ3n) is 1.64. The molecule has 0 amide bonds. The van der Waals surface area contributed by atoms with Crippen molar-refractivity contribution in [2.75, 3.05) is 0 Å². The van der Waals surface area contributed by atoms with Gasteiger partial charge in [-0.15, -0.1) is 12.1 Å². The van der Waals surface area contributed by atoms with Crippen LogP contribution in [-0.2, 0) is 17.1 Å². The Bertz CT molecular complexity index is 404. The van der Waals surface area contributed by atoms with Crippen LogP contribution in [0, 0.1) is 11.8 Å². The van der Waals surface area contributed by atoms with Gasteiger partial charge in [0.1, 0.15) is 0 Å². The van der Waals surface area contributed by atoms with Gasteiger partial charge in [0.2, 0.25) is 0 Å². The molecule has 2 aromatic carbocycles. The topological polar surface area (TPSA) is 0 Å². The summed E-state index contributed by atoms with van der Waals surface area (Å²) < 4.78 is 0. The van der Waals surface area contributed by atoms with Crippen molar-refractivity contribution in [1.29, 1.82) is 0 Å². The molecule has 0 nitrogen and oxygen atoms in total. The summed E-state index contributed by atoms with van der Waals surface area (Å²) in [7, 11) is 0. The molecule has 0 unspecified atom stereocenters. The summed E-state index contributed by atoms with van der Waals surface area (Å²) in [6.45, 7) is 5.58. The van der Waals surface area contributed by atoms with Gasteiger partial charge in [0.15, 0.2) is 0 Å². The van der Waals surface area contributed by atoms with Gasteiger partial charge in [-0.25, -0.2) is 0 Å². The summed E-state index contributed by atoms with van der Waals surface area (Å²) in [5.41, 5.74) is 1.96. The predicted octanol–water partition coefficient (Wildman–Crippen LogP) is 3.74. The second-order valence-electron chi connectivity index (χ2n) is 3.17. The maximum Gasteiger partial charge on any atom is 0 e. The molecule has 0 spiro atoms. The summed E-state index contributed by atoms with van der Waals surface area (Å²) in [5, 5.41) is 0. The van der Waals surface area contributed by atoms with E-state index in [1.54, 1.807) is 0 Å². The predicted molar refractivity (Wildman–Crippen MR) is 65.8 cm³/mol. The molecule has 0 atom stereocenters. The number of rotatable bonds is 0. The average molecular weight is 250 g/mol. The maximum absolute atomic E-state index is 3.68. The first kappa shape index (κ1) is 14.5. The summed E-state index contributed by atoms with van der Waals surface area (Å²) in [5.74, 6) is 5.88. The molecule has 2 rings (SSSR count). The molecule has 0 fully saturated rings. The molecule has 16 heavy (non-hydrogen) atoms. The standard InChI is InChI=1S/C10H9.C5H5.Fe/c1-9(2)7-8-10-5-3-4-6-10;1-2-4-5-3-1;/h3-6H,1H2,2H3;1-5H;/q-1;-5;. The van der Waals surface area contributed by atoms with E-state index >= 15 is 0 Å². The Morgan fingerprint density at radius 1 is 1.06 bits per heavy atom. The summed E-state index contributed by atoms with van der Waals surface area (Å²) >= 11 is 0. The van der Waals surface area contributed by atoms with Crippen LogP contribution in [-0.4, -0.2) is 0 Å². The first-order chi connectivity index (χ1) is 7.29. The van der Waals surface area contributed by atoms with Crippen molar-refractivity contribution in [3.63, 3.8) is 0 Å². The fraction of sp³-hybridized carbons (Fsp3) is 0.0667. The zero-order valence-electron chi connectivity index (χ0n) is 9.26. The molecule has 0 aliphatic heterocycles. The minimum Gasteiger partial charge on any atom is -0.748 e. The van der Waals surface area contributed by atoms with Crippen molar-refractivity contribution in [2.45, 2.75) is 6.92 Å². The molecule has 1 heteroatoms. The molecule has 0 aliphatic rings. The molecule has 0 aromatic heterocycles. The summed E-state index contributed by atoms with van der Waals surface area (Å²) in [4.78, 5) is 0. The first-order valence-corrected chi connectivity index (χ1v) is 4.85. The summed E-state index contributed by atoms with van der Waals surface area (Å²) in [6, 6.07) is 17.9. The second-order valence-corrected chi connectivity index (χ2v) is 3.17. The van der Waals surface area contributed by atoms with Crippen LogP contribution >= 0.6 is 0 Å². The van der Waals surface area contributed by atoms with E-state index in [-0.39, 0.29) is 17.1 Å². The fourth-order valence-corrected chi connectivity index (χ4v) is 0.957. The van der Waals surface area contributed by atoms with Crippen LogP contribution in [0.2, 0.25) is 0 Å². The van der Waals surface area contributed by atoms with Crippen molar-refractivity contribution in [3.05, 3.63) is 72.3 Å². The van der Waals surface area contributed by atoms with Crippen molar-refractivity contribution >= 4 is 0 Å². The van der Waals surface area contributed by atoms with Crippen LogP contribution in [0.15, 0.2) is 66.7 Å². The Balaban J connectivity index is 0.000000318. The van der Waals surface area contributed by atoms with E-state index in [0.717, 1.165) is 11.1 Å². The van der Waals surface area contributed by atoms with Crippen molar-refractivity contribution in [1.82, 2.24) is 0 Å². The van der Waals surface area contributed by atoms with E-state index in [0.29, 0.717) is 0 Å². The Morgan fingerprint density at radius 2 is 1.50 bits per heavy atom. The van der Waals surface area contributed by atoms with E-state index in [1.807, 2.05) is 61.5 Å². The van der Waals surface area contributed by atoms with Crippen molar-refractivity contribution < 1.29 is 17.1 Å². The molecule has 0 saturated heterocycles. The van der Waals surface area contributed by atoms with Gasteiger partial charge in [-0.05, 0) is 6.92 Å². The second kappa shape index (κ2) is 8.80. The Hall–Kier alpha value is -1.48. The monoisotopic (exact) mass is 250 g/mol. The molecule has 0 heterocycles. The van der Waals surface area contributed by atoms with Gasteiger partial charge in [-0.2, -0.15) is 24.0 Å². The molecule has 0 N–H and O–H groups in total. The first-order valence-electron chi connectivity index (χ1n) is 4.85. The van der Waals surface area contributed by atoms with Crippen LogP contribution in [0.3, 0.4) is 0 Å². The van der Waals surface area contributed by atoms with Gasteiger partial charge in [0.05, 0.1) is 0 Å². The fourth-order valence-electron chi connectivity index (χ4n) is 0.957. The summed E-state index contributed by atoms with van der Waals surface area (Å²) in [6.07, 6.45) is 0. The van der Waals surface area contributed by atoms with Crippen LogP contribution < -0.4 is 0 Å². The molecular weight excluding hydrogens is 236 g/mol. The van der Waals surface area contributed by atoms with Gasteiger partial charge in [0, 0.05) is 17.1 Å². The number of hydrogen-bond donors (Lipinski definition) is 0. The van der Waals surface area contributed by atoms with Gasteiger partial charge in [-0.3, -0.25) is 0 Å². The maximum atomic E-state index is 3.68. The Kier molecular flexibility index (Phi) is 7.98. The van der Waals surface area contributed by atoms with Crippen molar-refractivity contribution in [3.8, 4) is 11.8 Å². The molecule has 0 radical (unpaired) electrons. The third kappa shape index (κ3) is 6.90. The van der Waals surface area contributed by atoms with Crippen LogP contribution in [0.25, 0.3) is 0 Å².